The summed E-state index contributed by atoms with van der Waals surface area (Å²) in [5, 5.41) is 2.49. The number of benzene rings is 2. The first-order valence-electron chi connectivity index (χ1n) is 8.27. The van der Waals surface area contributed by atoms with E-state index in [2.05, 4.69) is 11.9 Å². The number of ether oxygens (including phenoxy) is 1. The first-order chi connectivity index (χ1) is 13.0. The molecule has 2 aromatic carbocycles. The van der Waals surface area contributed by atoms with Gasteiger partial charge in [-0.25, -0.2) is 4.39 Å². The van der Waals surface area contributed by atoms with Crippen molar-refractivity contribution >= 4 is 29.2 Å². The van der Waals surface area contributed by atoms with Crippen molar-refractivity contribution in [2.45, 2.75) is 6.42 Å². The van der Waals surface area contributed by atoms with E-state index in [9.17, 15) is 18.8 Å². The molecule has 3 rings (SSSR count). The smallest absolute Gasteiger partial charge is 0.308 e. The lowest BCUT2D eigenvalue weighted by Gasteiger charge is -2.16. The fraction of sp³-hybridized carbons (Fsp3) is 0.150. The Bertz CT molecular complexity index is 873. The lowest BCUT2D eigenvalue weighted by Crippen LogP contribution is -2.27. The minimum atomic E-state index is -0.610. The van der Waals surface area contributed by atoms with E-state index in [-0.39, 0.29) is 18.9 Å². The standard InChI is InChI=1S/C20H17FN2O4/c1-13-16-4-2-3-5-17(16)20(26)23(13)11-10-19(25)27-12-18(24)22-15-8-6-14(21)7-9-15/h2-9H,1,10-12H2,(H,22,24). The summed E-state index contributed by atoms with van der Waals surface area (Å²) in [4.78, 5) is 37.4. The number of carbonyl (C=O) groups excluding carboxylic acids is 3. The van der Waals surface area contributed by atoms with E-state index in [4.69, 9.17) is 4.74 Å². The second-order valence-electron chi connectivity index (χ2n) is 5.91. The van der Waals surface area contributed by atoms with Crippen LogP contribution in [-0.4, -0.2) is 35.8 Å². The van der Waals surface area contributed by atoms with Crippen LogP contribution < -0.4 is 5.32 Å². The van der Waals surface area contributed by atoms with Crippen LogP contribution in [0, 0.1) is 5.82 Å². The molecule has 0 saturated carbocycles. The number of anilines is 1. The first-order valence-corrected chi connectivity index (χ1v) is 8.27. The van der Waals surface area contributed by atoms with Crippen molar-refractivity contribution in [1.29, 1.82) is 0 Å². The molecule has 1 N–H and O–H groups in total. The molecule has 0 fully saturated rings. The monoisotopic (exact) mass is 368 g/mol. The SMILES string of the molecule is C=C1c2ccccc2C(=O)N1CCC(=O)OCC(=O)Nc1ccc(F)cc1. The molecule has 2 amide bonds. The summed E-state index contributed by atoms with van der Waals surface area (Å²) in [5.41, 5.74) is 2.23. The Morgan fingerprint density at radius 1 is 1.07 bits per heavy atom. The van der Waals surface area contributed by atoms with Crippen molar-refractivity contribution in [3.8, 4) is 0 Å². The average molecular weight is 368 g/mol. The van der Waals surface area contributed by atoms with Crippen LogP contribution in [0.2, 0.25) is 0 Å². The quantitative estimate of drug-likeness (QED) is 0.796. The molecule has 0 aromatic heterocycles. The molecule has 7 heteroatoms. The molecule has 0 saturated heterocycles. The van der Waals surface area contributed by atoms with E-state index >= 15 is 0 Å². The van der Waals surface area contributed by atoms with E-state index in [0.717, 1.165) is 5.56 Å². The molecule has 1 heterocycles. The third kappa shape index (κ3) is 4.20. The summed E-state index contributed by atoms with van der Waals surface area (Å²) in [6.07, 6.45) is -0.0669. The van der Waals surface area contributed by atoms with Crippen LogP contribution in [0.15, 0.2) is 55.1 Å². The van der Waals surface area contributed by atoms with Crippen molar-refractivity contribution < 1.29 is 23.5 Å². The van der Waals surface area contributed by atoms with Crippen molar-refractivity contribution in [1.82, 2.24) is 4.90 Å². The van der Waals surface area contributed by atoms with Crippen molar-refractivity contribution in [2.24, 2.45) is 0 Å². The Kier molecular flexibility index (Phi) is 5.30. The molecule has 0 unspecified atom stereocenters. The molecule has 138 valence electrons. The zero-order chi connectivity index (χ0) is 19.4. The van der Waals surface area contributed by atoms with E-state index in [1.165, 1.54) is 29.2 Å². The van der Waals surface area contributed by atoms with Gasteiger partial charge in [-0.05, 0) is 30.3 Å². The summed E-state index contributed by atoms with van der Waals surface area (Å²) < 4.78 is 17.7. The minimum Gasteiger partial charge on any atom is -0.456 e. The summed E-state index contributed by atoms with van der Waals surface area (Å²) in [6, 6.07) is 12.3. The van der Waals surface area contributed by atoms with E-state index in [0.29, 0.717) is 16.9 Å². The highest BCUT2D eigenvalue weighted by Gasteiger charge is 2.30. The van der Waals surface area contributed by atoms with Gasteiger partial charge in [0, 0.05) is 29.1 Å². The zero-order valence-electron chi connectivity index (χ0n) is 14.4. The lowest BCUT2D eigenvalue weighted by atomic mass is 10.1. The summed E-state index contributed by atoms with van der Waals surface area (Å²) in [5.74, 6) is -1.78. The fourth-order valence-electron chi connectivity index (χ4n) is 2.72. The molecule has 0 atom stereocenters. The summed E-state index contributed by atoms with van der Waals surface area (Å²) in [6.45, 7) is 3.54. The Labute approximate surface area is 155 Å². The number of carbonyl (C=O) groups is 3. The van der Waals surface area contributed by atoms with Crippen molar-refractivity contribution in [3.05, 3.63) is 72.1 Å². The van der Waals surface area contributed by atoms with Crippen molar-refractivity contribution in [2.75, 3.05) is 18.5 Å². The van der Waals surface area contributed by atoms with Gasteiger partial charge in [0.25, 0.3) is 11.8 Å². The molecule has 0 aliphatic carbocycles. The third-order valence-corrected chi connectivity index (χ3v) is 4.07. The molecule has 1 aliphatic rings. The second-order valence-corrected chi connectivity index (χ2v) is 5.91. The highest BCUT2D eigenvalue weighted by atomic mass is 19.1. The number of esters is 1. The van der Waals surface area contributed by atoms with Gasteiger partial charge in [-0.3, -0.25) is 14.4 Å². The summed E-state index contributed by atoms with van der Waals surface area (Å²) in [7, 11) is 0. The molecule has 6 nitrogen and oxygen atoms in total. The van der Waals surface area contributed by atoms with Gasteiger partial charge < -0.3 is 15.0 Å². The lowest BCUT2D eigenvalue weighted by molar-refractivity contribution is -0.147. The Hall–Kier alpha value is -3.48. The average Bonchev–Trinajstić information content (AvgIpc) is 2.91. The largest absolute Gasteiger partial charge is 0.456 e. The van der Waals surface area contributed by atoms with E-state index in [1.54, 1.807) is 18.2 Å². The molecule has 27 heavy (non-hydrogen) atoms. The predicted molar refractivity (Wildman–Crippen MR) is 97.1 cm³/mol. The van der Waals surface area contributed by atoms with Gasteiger partial charge in [0.15, 0.2) is 6.61 Å². The van der Waals surface area contributed by atoms with Gasteiger partial charge in [0.2, 0.25) is 0 Å². The highest BCUT2D eigenvalue weighted by molar-refractivity contribution is 6.08. The number of rotatable bonds is 6. The van der Waals surface area contributed by atoms with Crippen LogP contribution in [0.3, 0.4) is 0 Å². The second kappa shape index (κ2) is 7.82. The van der Waals surface area contributed by atoms with E-state index in [1.807, 2.05) is 6.07 Å². The fourth-order valence-corrected chi connectivity index (χ4v) is 2.72. The molecular weight excluding hydrogens is 351 g/mol. The number of amides is 2. The molecule has 0 bridgehead atoms. The van der Waals surface area contributed by atoms with Gasteiger partial charge in [0.1, 0.15) is 5.82 Å². The Morgan fingerprint density at radius 2 is 1.74 bits per heavy atom. The van der Waals surface area contributed by atoms with Gasteiger partial charge in [-0.15, -0.1) is 0 Å². The number of halogens is 1. The maximum atomic E-state index is 12.8. The maximum absolute atomic E-state index is 12.8. The van der Waals surface area contributed by atoms with Crippen LogP contribution >= 0.6 is 0 Å². The third-order valence-electron chi connectivity index (χ3n) is 4.07. The molecule has 2 aromatic rings. The number of hydrogen-bond donors (Lipinski definition) is 1. The zero-order valence-corrected chi connectivity index (χ0v) is 14.4. The topological polar surface area (TPSA) is 75.7 Å². The van der Waals surface area contributed by atoms with Gasteiger partial charge in [-0.1, -0.05) is 24.8 Å². The Balaban J connectivity index is 1.45. The van der Waals surface area contributed by atoms with Crippen molar-refractivity contribution in [3.63, 3.8) is 0 Å². The normalized spacial score (nSPS) is 12.7. The molecule has 0 radical (unpaired) electrons. The predicted octanol–water partition coefficient (Wildman–Crippen LogP) is 2.82. The molecular formula is C20H17FN2O4. The number of nitrogens with zero attached hydrogens (tertiary/aromatic N) is 1. The number of fused-ring (bicyclic) bond motifs is 1. The number of hydrogen-bond acceptors (Lipinski definition) is 4. The van der Waals surface area contributed by atoms with E-state index < -0.39 is 24.3 Å². The van der Waals surface area contributed by atoms with Crippen LogP contribution in [0.25, 0.3) is 5.70 Å². The van der Waals surface area contributed by atoms with Gasteiger partial charge in [-0.2, -0.15) is 0 Å². The van der Waals surface area contributed by atoms with Crippen LogP contribution in [0.4, 0.5) is 10.1 Å². The van der Waals surface area contributed by atoms with Crippen LogP contribution in [-0.2, 0) is 14.3 Å². The molecule has 1 aliphatic heterocycles. The Morgan fingerprint density at radius 3 is 2.41 bits per heavy atom. The van der Waals surface area contributed by atoms with Gasteiger partial charge >= 0.3 is 5.97 Å². The minimum absolute atomic E-state index is 0.0669. The highest BCUT2D eigenvalue weighted by Crippen LogP contribution is 2.31. The number of nitrogens with one attached hydrogen (secondary N) is 1. The van der Waals surface area contributed by atoms with Gasteiger partial charge in [0.05, 0.1) is 6.42 Å². The van der Waals surface area contributed by atoms with Crippen LogP contribution in [0.1, 0.15) is 22.3 Å². The van der Waals surface area contributed by atoms with Crippen LogP contribution in [0.5, 0.6) is 0 Å². The molecule has 0 spiro atoms. The summed E-state index contributed by atoms with van der Waals surface area (Å²) >= 11 is 0. The first kappa shape index (κ1) is 18.3. The maximum Gasteiger partial charge on any atom is 0.308 e.